The second kappa shape index (κ2) is 5.43. The number of sulfonamides is 1. The predicted molar refractivity (Wildman–Crippen MR) is 66.1 cm³/mol. The summed E-state index contributed by atoms with van der Waals surface area (Å²) in [6, 6.07) is 1.38. The van der Waals surface area contributed by atoms with Gasteiger partial charge < -0.3 is 4.74 Å². The van der Waals surface area contributed by atoms with Gasteiger partial charge in [-0.2, -0.15) is 0 Å². The van der Waals surface area contributed by atoms with Gasteiger partial charge in [0.1, 0.15) is 4.90 Å². The number of halogens is 1. The van der Waals surface area contributed by atoms with Crippen molar-refractivity contribution >= 4 is 26.0 Å². The second-order valence-corrected chi connectivity index (χ2v) is 6.50. The van der Waals surface area contributed by atoms with Gasteiger partial charge >= 0.3 is 0 Å². The van der Waals surface area contributed by atoms with Crippen LogP contribution >= 0.6 is 15.9 Å². The van der Waals surface area contributed by atoms with E-state index in [2.05, 4.69) is 25.6 Å². The van der Waals surface area contributed by atoms with Crippen molar-refractivity contribution in [3.05, 3.63) is 22.9 Å². The van der Waals surface area contributed by atoms with Gasteiger partial charge in [0, 0.05) is 29.5 Å². The quantitative estimate of drug-likeness (QED) is 0.911. The highest BCUT2D eigenvalue weighted by molar-refractivity contribution is 9.10. The van der Waals surface area contributed by atoms with E-state index in [4.69, 9.17) is 4.74 Å². The zero-order valence-electron chi connectivity index (χ0n) is 9.10. The summed E-state index contributed by atoms with van der Waals surface area (Å²) >= 11 is 3.20. The van der Waals surface area contributed by atoms with Gasteiger partial charge in [0.05, 0.1) is 6.61 Å². The third-order valence-corrected chi connectivity index (χ3v) is 4.39. The van der Waals surface area contributed by atoms with Crippen LogP contribution in [0.1, 0.15) is 12.8 Å². The number of hydrogen-bond acceptors (Lipinski definition) is 4. The molecule has 5 nitrogen and oxygen atoms in total. The summed E-state index contributed by atoms with van der Waals surface area (Å²) in [6.45, 7) is 1.14. The Bertz CT molecular complexity index is 486. The van der Waals surface area contributed by atoms with Gasteiger partial charge in [-0.05, 0) is 34.8 Å². The van der Waals surface area contributed by atoms with Gasteiger partial charge in [0.25, 0.3) is 0 Å². The molecule has 2 rings (SSSR count). The summed E-state index contributed by atoms with van der Waals surface area (Å²) in [5.74, 6) is 0. The van der Waals surface area contributed by atoms with Crippen molar-refractivity contribution in [3.8, 4) is 0 Å². The number of ether oxygens (including phenoxy) is 1. The van der Waals surface area contributed by atoms with E-state index in [1.54, 1.807) is 6.20 Å². The van der Waals surface area contributed by atoms with Crippen LogP contribution in [0.15, 0.2) is 27.8 Å². The molecule has 1 saturated heterocycles. The number of hydrogen-bond donors (Lipinski definition) is 1. The van der Waals surface area contributed by atoms with Crippen LogP contribution in [0, 0.1) is 0 Å². The maximum atomic E-state index is 12.0. The summed E-state index contributed by atoms with van der Waals surface area (Å²) in [5.41, 5.74) is 0. The average Bonchev–Trinajstić information content (AvgIpc) is 2.30. The first-order valence-electron chi connectivity index (χ1n) is 5.28. The van der Waals surface area contributed by atoms with Gasteiger partial charge in [-0.25, -0.2) is 13.1 Å². The Balaban J connectivity index is 2.13. The van der Waals surface area contributed by atoms with E-state index in [-0.39, 0.29) is 10.9 Å². The van der Waals surface area contributed by atoms with Gasteiger partial charge in [-0.15, -0.1) is 0 Å². The smallest absolute Gasteiger partial charge is 0.242 e. The molecule has 1 fully saturated rings. The van der Waals surface area contributed by atoms with Crippen molar-refractivity contribution in [3.63, 3.8) is 0 Å². The lowest BCUT2D eigenvalue weighted by Gasteiger charge is -2.22. The zero-order valence-corrected chi connectivity index (χ0v) is 11.5. The first-order valence-corrected chi connectivity index (χ1v) is 7.56. The van der Waals surface area contributed by atoms with Crippen molar-refractivity contribution in [1.29, 1.82) is 0 Å². The largest absolute Gasteiger partial charge is 0.380 e. The number of aromatic nitrogens is 1. The van der Waals surface area contributed by atoms with Crippen LogP contribution in [0.5, 0.6) is 0 Å². The maximum absolute atomic E-state index is 12.0. The average molecular weight is 321 g/mol. The standard InChI is InChI=1S/C10H13BrN2O3S/c11-8-4-10(6-12-5-8)17(14,15)13-9-2-1-3-16-7-9/h4-6,9,13H,1-3,7H2/t9-/m0/s1. The molecule has 1 aromatic heterocycles. The molecule has 0 amide bonds. The normalized spacial score (nSPS) is 21.4. The fraction of sp³-hybridized carbons (Fsp3) is 0.500. The van der Waals surface area contributed by atoms with Gasteiger partial charge in [-0.1, -0.05) is 0 Å². The molecule has 2 heterocycles. The van der Waals surface area contributed by atoms with Gasteiger partial charge in [0.15, 0.2) is 0 Å². The van der Waals surface area contributed by atoms with Crippen LogP contribution in [0.2, 0.25) is 0 Å². The molecular weight excluding hydrogens is 308 g/mol. The lowest BCUT2D eigenvalue weighted by molar-refractivity contribution is 0.0774. The number of nitrogens with zero attached hydrogens (tertiary/aromatic N) is 1. The number of rotatable bonds is 3. The van der Waals surface area contributed by atoms with Gasteiger partial charge in [0.2, 0.25) is 10.0 Å². The molecule has 0 bridgehead atoms. The molecule has 0 unspecified atom stereocenters. The summed E-state index contributed by atoms with van der Waals surface area (Å²) < 4.78 is 32.6. The van der Waals surface area contributed by atoms with Crippen LogP contribution in [-0.4, -0.2) is 32.7 Å². The Morgan fingerprint density at radius 3 is 2.94 bits per heavy atom. The molecule has 1 aromatic rings. The molecule has 1 atom stereocenters. The van der Waals surface area contributed by atoms with Crippen molar-refractivity contribution in [2.75, 3.05) is 13.2 Å². The lowest BCUT2D eigenvalue weighted by atomic mass is 10.1. The second-order valence-electron chi connectivity index (χ2n) is 3.87. The van der Waals surface area contributed by atoms with Crippen LogP contribution in [0.3, 0.4) is 0 Å². The van der Waals surface area contributed by atoms with Crippen molar-refractivity contribution in [2.24, 2.45) is 0 Å². The lowest BCUT2D eigenvalue weighted by Crippen LogP contribution is -2.40. The van der Waals surface area contributed by atoms with Crippen molar-refractivity contribution in [1.82, 2.24) is 9.71 Å². The van der Waals surface area contributed by atoms with Crippen LogP contribution in [-0.2, 0) is 14.8 Å². The number of nitrogens with one attached hydrogen (secondary N) is 1. The molecule has 94 valence electrons. The van der Waals surface area contributed by atoms with Gasteiger partial charge in [-0.3, -0.25) is 4.98 Å². The molecule has 7 heteroatoms. The Labute approximate surface area is 109 Å². The molecule has 1 N–H and O–H groups in total. The van der Waals surface area contributed by atoms with E-state index in [1.165, 1.54) is 12.3 Å². The zero-order chi connectivity index (χ0) is 12.3. The summed E-state index contributed by atoms with van der Waals surface area (Å²) in [6.07, 6.45) is 4.56. The minimum atomic E-state index is -3.50. The molecule has 1 aliphatic rings. The highest BCUT2D eigenvalue weighted by Gasteiger charge is 2.22. The van der Waals surface area contributed by atoms with Crippen molar-refractivity contribution < 1.29 is 13.2 Å². The van der Waals surface area contributed by atoms with Crippen molar-refractivity contribution in [2.45, 2.75) is 23.8 Å². The Morgan fingerprint density at radius 2 is 2.29 bits per heavy atom. The Hall–Kier alpha value is -0.500. The Kier molecular flexibility index (Phi) is 4.13. The molecule has 0 saturated carbocycles. The minimum absolute atomic E-state index is 0.146. The van der Waals surface area contributed by atoms with E-state index in [9.17, 15) is 8.42 Å². The highest BCUT2D eigenvalue weighted by Crippen LogP contribution is 2.16. The highest BCUT2D eigenvalue weighted by atomic mass is 79.9. The third kappa shape index (κ3) is 3.48. The first-order chi connectivity index (χ1) is 8.08. The molecule has 0 aromatic carbocycles. The first kappa shape index (κ1) is 12.9. The fourth-order valence-corrected chi connectivity index (χ4v) is 3.42. The maximum Gasteiger partial charge on any atom is 0.242 e. The number of pyridine rings is 1. The Morgan fingerprint density at radius 1 is 1.47 bits per heavy atom. The molecular formula is C10H13BrN2O3S. The summed E-state index contributed by atoms with van der Waals surface area (Å²) in [5, 5.41) is 0. The van der Waals surface area contributed by atoms with E-state index in [0.717, 1.165) is 12.8 Å². The van der Waals surface area contributed by atoms with E-state index >= 15 is 0 Å². The summed E-state index contributed by atoms with van der Waals surface area (Å²) in [4.78, 5) is 4.01. The fourth-order valence-electron chi connectivity index (χ4n) is 1.66. The van der Waals surface area contributed by atoms with Crippen LogP contribution in [0.4, 0.5) is 0 Å². The molecule has 0 aliphatic carbocycles. The molecule has 1 aliphatic heterocycles. The molecule has 0 radical (unpaired) electrons. The molecule has 0 spiro atoms. The SMILES string of the molecule is O=S(=O)(N[C@H]1CCCOC1)c1cncc(Br)c1. The van der Waals surface area contributed by atoms with E-state index in [0.29, 0.717) is 17.7 Å². The predicted octanol–water partition coefficient (Wildman–Crippen LogP) is 1.30. The minimum Gasteiger partial charge on any atom is -0.380 e. The topological polar surface area (TPSA) is 68.3 Å². The van der Waals surface area contributed by atoms with E-state index < -0.39 is 10.0 Å². The van der Waals surface area contributed by atoms with Crippen LogP contribution < -0.4 is 4.72 Å². The summed E-state index contributed by atoms with van der Waals surface area (Å²) in [7, 11) is -3.50. The van der Waals surface area contributed by atoms with E-state index in [1.807, 2.05) is 0 Å². The van der Waals surface area contributed by atoms with Crippen LogP contribution in [0.25, 0.3) is 0 Å². The third-order valence-electron chi connectivity index (χ3n) is 2.47. The molecule has 17 heavy (non-hydrogen) atoms. The monoisotopic (exact) mass is 320 g/mol.